The number of para-hydroxylation sites is 2. The highest BCUT2D eigenvalue weighted by Gasteiger charge is 2.35. The highest BCUT2D eigenvalue weighted by Crippen LogP contribution is 2.51. The van der Waals surface area contributed by atoms with Gasteiger partial charge in [0.05, 0.1) is 6.61 Å². The Labute approximate surface area is 154 Å². The molecule has 0 aromatic heterocycles. The van der Waals surface area contributed by atoms with Crippen molar-refractivity contribution in [2.75, 3.05) is 6.61 Å². The van der Waals surface area contributed by atoms with E-state index in [0.29, 0.717) is 24.0 Å². The van der Waals surface area contributed by atoms with Crippen molar-refractivity contribution in [3.8, 4) is 11.5 Å². The van der Waals surface area contributed by atoms with Crippen LogP contribution in [0.2, 0.25) is 0 Å². The molecule has 6 heteroatoms. The normalized spacial score (nSPS) is 17.4. The fourth-order valence-corrected chi connectivity index (χ4v) is 3.81. The molecule has 1 atom stereocenters. The Morgan fingerprint density at radius 1 is 0.962 bits per heavy atom. The Bertz CT molecular complexity index is 715. The summed E-state index contributed by atoms with van der Waals surface area (Å²) in [7, 11) is -3.97. The molecule has 3 rings (SSSR count). The first-order valence-corrected chi connectivity index (χ1v) is 10.2. The van der Waals surface area contributed by atoms with Crippen LogP contribution in [0.5, 0.6) is 11.5 Å². The van der Waals surface area contributed by atoms with Crippen LogP contribution in [-0.2, 0) is 13.8 Å². The lowest BCUT2D eigenvalue weighted by atomic mass is 10.00. The average Bonchev–Trinajstić information content (AvgIpc) is 2.88. The average molecular weight is 374 g/mol. The Morgan fingerprint density at radius 3 is 2.08 bits per heavy atom. The third-order valence-electron chi connectivity index (χ3n) is 4.09. The monoisotopic (exact) mass is 374 g/mol. The molecule has 1 aliphatic heterocycles. The molecule has 0 N–H and O–H groups in total. The van der Waals surface area contributed by atoms with E-state index in [1.807, 2.05) is 18.2 Å². The molecule has 0 saturated heterocycles. The van der Waals surface area contributed by atoms with Gasteiger partial charge in [-0.15, -0.1) is 0 Å². The zero-order valence-corrected chi connectivity index (χ0v) is 15.6. The summed E-state index contributed by atoms with van der Waals surface area (Å²) in [5.74, 6) is 1.51. The molecule has 5 nitrogen and oxygen atoms in total. The molecule has 1 unspecified atom stereocenters. The summed E-state index contributed by atoms with van der Waals surface area (Å²) in [6, 6.07) is 17.6. The van der Waals surface area contributed by atoms with E-state index in [-0.39, 0.29) is 5.95 Å². The maximum absolute atomic E-state index is 13.3. The highest BCUT2D eigenvalue weighted by atomic mass is 31.2. The molecule has 26 heavy (non-hydrogen) atoms. The van der Waals surface area contributed by atoms with Gasteiger partial charge in [0.25, 0.3) is 5.95 Å². The molecular formula is C20H23O5P. The maximum Gasteiger partial charge on any atom is 0.649 e. The smallest absolute Gasteiger partial charge is 0.465 e. The summed E-state index contributed by atoms with van der Waals surface area (Å²) in [6.07, 6.45) is 4.62. The van der Waals surface area contributed by atoms with Crippen molar-refractivity contribution >= 4 is 7.82 Å². The van der Waals surface area contributed by atoms with Crippen LogP contribution in [0.25, 0.3) is 0 Å². The molecule has 0 spiro atoms. The van der Waals surface area contributed by atoms with Crippen LogP contribution >= 0.6 is 7.82 Å². The molecule has 0 bridgehead atoms. The van der Waals surface area contributed by atoms with Crippen LogP contribution in [0.4, 0.5) is 0 Å². The fraction of sp³-hybridized carbons (Fsp3) is 0.300. The van der Waals surface area contributed by atoms with Crippen molar-refractivity contribution in [1.29, 1.82) is 0 Å². The number of phosphoric acid groups is 1. The van der Waals surface area contributed by atoms with Crippen LogP contribution in [0.1, 0.15) is 26.2 Å². The lowest BCUT2D eigenvalue weighted by Crippen LogP contribution is -2.07. The zero-order chi connectivity index (χ0) is 18.2. The van der Waals surface area contributed by atoms with Gasteiger partial charge >= 0.3 is 7.82 Å². The second-order valence-electron chi connectivity index (χ2n) is 6.02. The summed E-state index contributed by atoms with van der Waals surface area (Å²) in [5, 5.41) is 0. The Balaban J connectivity index is 1.80. The van der Waals surface area contributed by atoms with E-state index < -0.39 is 7.82 Å². The van der Waals surface area contributed by atoms with E-state index in [1.54, 1.807) is 48.5 Å². The first-order chi connectivity index (χ1) is 12.7. The van der Waals surface area contributed by atoms with Crippen LogP contribution in [0.15, 0.2) is 72.7 Å². The van der Waals surface area contributed by atoms with Gasteiger partial charge in [0.2, 0.25) is 0 Å². The van der Waals surface area contributed by atoms with Crippen molar-refractivity contribution in [3.63, 3.8) is 0 Å². The minimum atomic E-state index is -3.97. The van der Waals surface area contributed by atoms with E-state index in [4.69, 9.17) is 18.3 Å². The van der Waals surface area contributed by atoms with E-state index in [1.165, 1.54) is 0 Å². The van der Waals surface area contributed by atoms with E-state index in [2.05, 4.69) is 6.92 Å². The highest BCUT2D eigenvalue weighted by molar-refractivity contribution is 7.49. The number of ether oxygens (including phenoxy) is 1. The second-order valence-corrected chi connectivity index (χ2v) is 7.46. The Kier molecular flexibility index (Phi) is 6.24. The van der Waals surface area contributed by atoms with Gasteiger partial charge in [0.15, 0.2) is 0 Å². The summed E-state index contributed by atoms with van der Waals surface area (Å²) < 4.78 is 35.7. The van der Waals surface area contributed by atoms with Crippen molar-refractivity contribution in [1.82, 2.24) is 0 Å². The molecule has 0 fully saturated rings. The SMILES string of the molecule is CCC1CC=C(OP(=O)(Oc2ccccc2)Oc2ccccc2)OCC1. The minimum Gasteiger partial charge on any atom is -0.465 e. The van der Waals surface area contributed by atoms with E-state index in [0.717, 1.165) is 19.3 Å². The molecule has 1 heterocycles. The van der Waals surface area contributed by atoms with Gasteiger partial charge in [0.1, 0.15) is 11.5 Å². The van der Waals surface area contributed by atoms with Crippen molar-refractivity contribution in [3.05, 3.63) is 72.7 Å². The first kappa shape index (κ1) is 18.4. The predicted octanol–water partition coefficient (Wildman–Crippen LogP) is 5.95. The summed E-state index contributed by atoms with van der Waals surface area (Å²) >= 11 is 0. The second kappa shape index (κ2) is 8.81. The lowest BCUT2D eigenvalue weighted by molar-refractivity contribution is 0.0864. The number of benzene rings is 2. The Morgan fingerprint density at radius 2 is 1.54 bits per heavy atom. The number of allylic oxidation sites excluding steroid dienone is 1. The molecule has 2 aromatic carbocycles. The van der Waals surface area contributed by atoms with Gasteiger partial charge in [-0.3, -0.25) is 0 Å². The Hall–Kier alpha value is -2.39. The molecule has 0 radical (unpaired) electrons. The minimum absolute atomic E-state index is 0.191. The quantitative estimate of drug-likeness (QED) is 0.561. The van der Waals surface area contributed by atoms with Crippen LogP contribution in [0.3, 0.4) is 0 Å². The number of rotatable bonds is 7. The molecule has 2 aromatic rings. The molecule has 0 aliphatic carbocycles. The van der Waals surface area contributed by atoms with Crippen LogP contribution in [0, 0.1) is 5.92 Å². The largest absolute Gasteiger partial charge is 0.649 e. The summed E-state index contributed by atoms with van der Waals surface area (Å²) in [5.41, 5.74) is 0. The number of phosphoric ester groups is 1. The summed E-state index contributed by atoms with van der Waals surface area (Å²) in [6.45, 7) is 2.66. The van der Waals surface area contributed by atoms with Gasteiger partial charge in [-0.2, -0.15) is 4.57 Å². The molecule has 1 aliphatic rings. The van der Waals surface area contributed by atoms with E-state index >= 15 is 0 Å². The van der Waals surface area contributed by atoms with Crippen molar-refractivity contribution in [2.24, 2.45) is 5.92 Å². The summed E-state index contributed by atoms with van der Waals surface area (Å²) in [4.78, 5) is 0. The number of hydrogen-bond donors (Lipinski definition) is 0. The third kappa shape index (κ3) is 5.30. The van der Waals surface area contributed by atoms with Gasteiger partial charge in [0, 0.05) is 0 Å². The van der Waals surface area contributed by atoms with Gasteiger partial charge in [-0.25, -0.2) is 0 Å². The van der Waals surface area contributed by atoms with Crippen molar-refractivity contribution < 1.29 is 22.9 Å². The molecule has 0 amide bonds. The maximum atomic E-state index is 13.3. The third-order valence-corrected chi connectivity index (χ3v) is 5.36. The van der Waals surface area contributed by atoms with Gasteiger partial charge in [-0.1, -0.05) is 49.7 Å². The van der Waals surface area contributed by atoms with Gasteiger partial charge < -0.3 is 18.3 Å². The van der Waals surface area contributed by atoms with Crippen molar-refractivity contribution in [2.45, 2.75) is 26.2 Å². The standard InChI is InChI=1S/C20H23O5P/c1-2-17-13-14-20(22-16-15-17)25-26(21,23-18-9-5-3-6-10-18)24-19-11-7-4-8-12-19/h3-12,14,17H,2,13,15-16H2,1H3. The first-order valence-electron chi connectivity index (χ1n) is 8.79. The molecule has 138 valence electrons. The predicted molar refractivity (Wildman–Crippen MR) is 99.9 cm³/mol. The number of hydrogen-bond acceptors (Lipinski definition) is 5. The fourth-order valence-electron chi connectivity index (χ4n) is 2.59. The van der Waals surface area contributed by atoms with Crippen LogP contribution in [-0.4, -0.2) is 6.61 Å². The van der Waals surface area contributed by atoms with Crippen LogP contribution < -0.4 is 9.05 Å². The van der Waals surface area contributed by atoms with Gasteiger partial charge in [-0.05, 0) is 49.1 Å². The van der Waals surface area contributed by atoms with E-state index in [9.17, 15) is 4.57 Å². The molecule has 0 saturated carbocycles. The topological polar surface area (TPSA) is 54.0 Å². The molecular weight excluding hydrogens is 351 g/mol. The zero-order valence-electron chi connectivity index (χ0n) is 14.7. The lowest BCUT2D eigenvalue weighted by Gasteiger charge is -2.20.